The Morgan fingerprint density at radius 3 is 2.38 bits per heavy atom. The summed E-state index contributed by atoms with van der Waals surface area (Å²) < 4.78 is 4.15. The van der Waals surface area contributed by atoms with Gasteiger partial charge in [-0.05, 0) is 39.7 Å². The molecule has 0 bridgehead atoms. The Hall–Kier alpha value is -1.29. The summed E-state index contributed by atoms with van der Waals surface area (Å²) in [7, 11) is 0. The molecule has 0 saturated carbocycles. The molecule has 2 aromatic rings. The van der Waals surface area contributed by atoms with E-state index in [1.165, 1.54) is 17.0 Å². The quantitative estimate of drug-likeness (QED) is 0.759. The Labute approximate surface area is 132 Å². The number of aryl methyl sites for hydroxylation is 3. The van der Waals surface area contributed by atoms with Crippen LogP contribution in [-0.2, 0) is 25.9 Å². The monoisotopic (exact) mass is 308 g/mol. The lowest BCUT2D eigenvalue weighted by atomic mass is 10.1. The number of hydrogen-bond donors (Lipinski definition) is 0. The van der Waals surface area contributed by atoms with Crippen LogP contribution in [0.5, 0.6) is 0 Å². The molecular formula is C16H25ClN4. The van der Waals surface area contributed by atoms with Crippen LogP contribution >= 0.6 is 11.6 Å². The largest absolute Gasteiger partial charge is 0.268 e. The highest BCUT2D eigenvalue weighted by Gasteiger charge is 2.20. The molecule has 116 valence electrons. The molecule has 2 rings (SSSR count). The van der Waals surface area contributed by atoms with Gasteiger partial charge in [-0.25, -0.2) is 0 Å². The normalized spacial score (nSPS) is 12.9. The highest BCUT2D eigenvalue weighted by molar-refractivity contribution is 6.20. The molecule has 0 amide bonds. The smallest absolute Gasteiger partial charge is 0.0831 e. The van der Waals surface area contributed by atoms with Crippen molar-refractivity contribution in [1.82, 2.24) is 19.6 Å². The minimum absolute atomic E-state index is 0.00136. The Balaban J connectivity index is 2.44. The lowest BCUT2D eigenvalue weighted by Gasteiger charge is -2.10. The van der Waals surface area contributed by atoms with Gasteiger partial charge >= 0.3 is 0 Å². The highest BCUT2D eigenvalue weighted by Crippen LogP contribution is 2.28. The predicted molar refractivity (Wildman–Crippen MR) is 87.0 cm³/mol. The molecule has 0 aliphatic heterocycles. The lowest BCUT2D eigenvalue weighted by Crippen LogP contribution is -2.11. The Morgan fingerprint density at radius 1 is 1.14 bits per heavy atom. The molecule has 0 aromatic carbocycles. The third-order valence-electron chi connectivity index (χ3n) is 3.84. The van der Waals surface area contributed by atoms with Crippen LogP contribution in [-0.4, -0.2) is 19.6 Å². The van der Waals surface area contributed by atoms with E-state index < -0.39 is 0 Å². The van der Waals surface area contributed by atoms with Crippen LogP contribution in [0.3, 0.4) is 0 Å². The van der Waals surface area contributed by atoms with Crippen molar-refractivity contribution in [3.63, 3.8) is 0 Å². The van der Waals surface area contributed by atoms with Crippen LogP contribution in [0, 0.1) is 6.92 Å². The van der Waals surface area contributed by atoms with Gasteiger partial charge in [0.05, 0.1) is 29.0 Å². The number of aromatic nitrogens is 4. The van der Waals surface area contributed by atoms with Crippen molar-refractivity contribution in [2.24, 2.45) is 0 Å². The molecule has 5 heteroatoms. The van der Waals surface area contributed by atoms with Crippen LogP contribution < -0.4 is 0 Å². The van der Waals surface area contributed by atoms with E-state index in [2.05, 4.69) is 36.6 Å². The number of alkyl halides is 1. The molecule has 2 aromatic heterocycles. The van der Waals surface area contributed by atoms with E-state index in [0.717, 1.165) is 37.3 Å². The van der Waals surface area contributed by atoms with Crippen molar-refractivity contribution in [3.05, 3.63) is 34.4 Å². The highest BCUT2D eigenvalue weighted by atomic mass is 35.5. The zero-order valence-electron chi connectivity index (χ0n) is 13.6. The molecule has 2 heterocycles. The maximum Gasteiger partial charge on any atom is 0.0831 e. The average molecular weight is 309 g/mol. The van der Waals surface area contributed by atoms with Crippen molar-refractivity contribution in [3.8, 4) is 0 Å². The first-order valence-electron chi connectivity index (χ1n) is 7.77. The van der Waals surface area contributed by atoms with E-state index in [1.54, 1.807) is 0 Å². The summed E-state index contributed by atoms with van der Waals surface area (Å²) in [5, 5.41) is 9.31. The summed E-state index contributed by atoms with van der Waals surface area (Å²) in [4.78, 5) is 0. The second-order valence-corrected chi connectivity index (χ2v) is 6.04. The van der Waals surface area contributed by atoms with Gasteiger partial charge in [0.2, 0.25) is 0 Å². The summed E-state index contributed by atoms with van der Waals surface area (Å²) in [5.41, 5.74) is 5.83. The Morgan fingerprint density at radius 2 is 1.86 bits per heavy atom. The van der Waals surface area contributed by atoms with Gasteiger partial charge in [-0.2, -0.15) is 10.2 Å². The van der Waals surface area contributed by atoms with Gasteiger partial charge in [-0.15, -0.1) is 11.6 Å². The van der Waals surface area contributed by atoms with Crippen molar-refractivity contribution in [2.75, 3.05) is 0 Å². The molecule has 0 aliphatic carbocycles. The van der Waals surface area contributed by atoms with Gasteiger partial charge in [0.1, 0.15) is 0 Å². The minimum Gasteiger partial charge on any atom is -0.268 e. The third-order valence-corrected chi connectivity index (χ3v) is 4.06. The number of nitrogens with zero attached hydrogens (tertiary/aromatic N) is 4. The van der Waals surface area contributed by atoms with Crippen LogP contribution in [0.1, 0.15) is 61.4 Å². The summed E-state index contributed by atoms with van der Waals surface area (Å²) in [6.45, 7) is 12.1. The predicted octanol–water partition coefficient (Wildman–Crippen LogP) is 3.88. The second-order valence-electron chi connectivity index (χ2n) is 5.38. The number of halogens is 1. The Bertz CT molecular complexity index is 610. The third kappa shape index (κ3) is 3.15. The zero-order valence-corrected chi connectivity index (χ0v) is 14.4. The first-order chi connectivity index (χ1) is 10.0. The first-order valence-corrected chi connectivity index (χ1v) is 8.21. The van der Waals surface area contributed by atoms with Crippen molar-refractivity contribution in [2.45, 2.75) is 65.9 Å². The molecule has 0 radical (unpaired) electrons. The van der Waals surface area contributed by atoms with E-state index >= 15 is 0 Å². The summed E-state index contributed by atoms with van der Waals surface area (Å²) >= 11 is 6.38. The fourth-order valence-electron chi connectivity index (χ4n) is 2.94. The van der Waals surface area contributed by atoms with Gasteiger partial charge in [0.15, 0.2) is 0 Å². The number of rotatable bonds is 6. The minimum atomic E-state index is 0.00136. The molecule has 0 saturated heterocycles. The van der Waals surface area contributed by atoms with Gasteiger partial charge in [-0.3, -0.25) is 9.36 Å². The molecule has 1 unspecified atom stereocenters. The number of hydrogen-bond acceptors (Lipinski definition) is 2. The van der Waals surface area contributed by atoms with Crippen LogP contribution in [0.4, 0.5) is 0 Å². The van der Waals surface area contributed by atoms with Gasteiger partial charge < -0.3 is 0 Å². The maximum absolute atomic E-state index is 6.38. The van der Waals surface area contributed by atoms with E-state index in [4.69, 9.17) is 16.7 Å². The van der Waals surface area contributed by atoms with Gasteiger partial charge in [0, 0.05) is 17.8 Å². The molecular weight excluding hydrogens is 284 g/mol. The molecule has 0 aliphatic rings. The molecule has 0 spiro atoms. The van der Waals surface area contributed by atoms with Crippen molar-refractivity contribution < 1.29 is 0 Å². The summed E-state index contributed by atoms with van der Waals surface area (Å²) in [6, 6.07) is 2.14. The van der Waals surface area contributed by atoms with E-state index in [9.17, 15) is 0 Å². The van der Waals surface area contributed by atoms with Gasteiger partial charge in [0.25, 0.3) is 0 Å². The standard InChI is InChI=1S/C16H25ClN4/c1-6-14-16(12(5)17)15(7-2)21(19-14)10-13-9-11(4)18-20(13)8-3/h9,12H,6-8,10H2,1-5H3. The SMILES string of the molecule is CCc1nn(Cc2cc(C)nn2CC)c(CC)c1C(C)Cl. The summed E-state index contributed by atoms with van der Waals surface area (Å²) in [5.74, 6) is 0. The second kappa shape index (κ2) is 6.65. The molecule has 4 nitrogen and oxygen atoms in total. The molecule has 21 heavy (non-hydrogen) atoms. The van der Waals surface area contributed by atoms with Crippen LogP contribution in [0.15, 0.2) is 6.07 Å². The lowest BCUT2D eigenvalue weighted by molar-refractivity contribution is 0.560. The fourth-order valence-corrected chi connectivity index (χ4v) is 3.20. The molecule has 0 fully saturated rings. The molecule has 1 atom stereocenters. The summed E-state index contributed by atoms with van der Waals surface area (Å²) in [6.07, 6.45) is 1.86. The Kier molecular flexibility index (Phi) is 5.09. The van der Waals surface area contributed by atoms with Gasteiger partial charge in [-0.1, -0.05) is 13.8 Å². The van der Waals surface area contributed by atoms with Crippen molar-refractivity contribution in [1.29, 1.82) is 0 Å². The zero-order chi connectivity index (χ0) is 15.6. The van der Waals surface area contributed by atoms with E-state index in [-0.39, 0.29) is 5.38 Å². The fraction of sp³-hybridized carbons (Fsp3) is 0.625. The van der Waals surface area contributed by atoms with E-state index in [1.807, 2.05) is 18.5 Å². The molecule has 0 N–H and O–H groups in total. The average Bonchev–Trinajstić information content (AvgIpc) is 2.98. The van der Waals surface area contributed by atoms with Crippen LogP contribution in [0.2, 0.25) is 0 Å². The maximum atomic E-state index is 6.38. The van der Waals surface area contributed by atoms with E-state index in [0.29, 0.717) is 0 Å². The first kappa shape index (κ1) is 16.1. The van der Waals surface area contributed by atoms with Crippen LogP contribution in [0.25, 0.3) is 0 Å². The van der Waals surface area contributed by atoms with Crippen molar-refractivity contribution >= 4 is 11.6 Å². The topological polar surface area (TPSA) is 35.6 Å².